The summed E-state index contributed by atoms with van der Waals surface area (Å²) in [5.41, 5.74) is 10.5. The zero-order valence-corrected chi connectivity index (χ0v) is 17.5. The number of nitrogens with one attached hydrogen (secondary N) is 1. The van der Waals surface area contributed by atoms with Crippen LogP contribution in [0, 0.1) is 5.92 Å². The molecule has 1 aliphatic rings. The van der Waals surface area contributed by atoms with Crippen molar-refractivity contribution in [2.45, 2.75) is 71.4 Å². The summed E-state index contributed by atoms with van der Waals surface area (Å²) in [6.07, 6.45) is 7.40. The summed E-state index contributed by atoms with van der Waals surface area (Å²) in [6.45, 7) is 7.35. The topological polar surface area (TPSA) is 38.0 Å². The van der Waals surface area contributed by atoms with Crippen molar-refractivity contribution in [1.82, 2.24) is 5.32 Å². The molecule has 0 radical (unpaired) electrons. The van der Waals surface area contributed by atoms with E-state index < -0.39 is 0 Å². The van der Waals surface area contributed by atoms with Crippen LogP contribution in [0.1, 0.15) is 58.4 Å². The Morgan fingerprint density at radius 2 is 1.70 bits per heavy atom. The molecule has 2 unspecified atom stereocenters. The van der Waals surface area contributed by atoms with Gasteiger partial charge in [0.25, 0.3) is 0 Å². The van der Waals surface area contributed by atoms with E-state index in [-0.39, 0.29) is 6.04 Å². The third-order valence-electron chi connectivity index (χ3n) is 5.52. The molecule has 0 aromatic heterocycles. The Kier molecular flexibility index (Phi) is 9.58. The van der Waals surface area contributed by atoms with E-state index in [2.05, 4.69) is 66.8 Å². The Morgan fingerprint density at radius 3 is 2.33 bits per heavy atom. The molecule has 27 heavy (non-hydrogen) atoms. The summed E-state index contributed by atoms with van der Waals surface area (Å²) in [5.74, 6) is 0.868. The average Bonchev–Trinajstić information content (AvgIpc) is 2.68. The van der Waals surface area contributed by atoms with Crippen molar-refractivity contribution in [3.63, 3.8) is 0 Å². The highest BCUT2D eigenvalue weighted by atomic mass is 15.0. The molecule has 3 N–H and O–H groups in total. The molecule has 0 heterocycles. The van der Waals surface area contributed by atoms with Gasteiger partial charge in [0.1, 0.15) is 0 Å². The van der Waals surface area contributed by atoms with E-state index in [1.165, 1.54) is 36.0 Å². The first-order valence-corrected chi connectivity index (χ1v) is 10.9. The van der Waals surface area contributed by atoms with Crippen LogP contribution in [-0.4, -0.2) is 18.6 Å². The number of benzene rings is 2. The molecule has 0 amide bonds. The van der Waals surface area contributed by atoms with Gasteiger partial charge in [-0.3, -0.25) is 0 Å². The van der Waals surface area contributed by atoms with Crippen LogP contribution in [-0.2, 0) is 6.42 Å². The van der Waals surface area contributed by atoms with Gasteiger partial charge in [-0.1, -0.05) is 88.2 Å². The lowest BCUT2D eigenvalue weighted by molar-refractivity contribution is 0.276. The van der Waals surface area contributed by atoms with Crippen LogP contribution in [0.3, 0.4) is 0 Å². The lowest BCUT2D eigenvalue weighted by atomic mass is 9.85. The third kappa shape index (κ3) is 6.79. The molecule has 1 saturated carbocycles. The van der Waals surface area contributed by atoms with Crippen molar-refractivity contribution in [3.8, 4) is 11.1 Å². The van der Waals surface area contributed by atoms with Gasteiger partial charge in [-0.25, -0.2) is 0 Å². The number of hydrogen-bond donors (Lipinski definition) is 2. The Morgan fingerprint density at radius 1 is 1.00 bits per heavy atom. The number of nitrogens with two attached hydrogens (primary N) is 1. The number of rotatable bonds is 9. The van der Waals surface area contributed by atoms with E-state index in [0.717, 1.165) is 31.7 Å². The summed E-state index contributed by atoms with van der Waals surface area (Å²) in [6, 6.07) is 20.1. The maximum atomic E-state index is 6.51. The van der Waals surface area contributed by atoms with Crippen LogP contribution >= 0.6 is 0 Å². The maximum absolute atomic E-state index is 6.51. The molecule has 2 atom stereocenters. The van der Waals surface area contributed by atoms with Crippen LogP contribution in [0.25, 0.3) is 11.1 Å². The third-order valence-corrected chi connectivity index (χ3v) is 5.52. The van der Waals surface area contributed by atoms with Gasteiger partial charge in [-0.15, -0.1) is 0 Å². The lowest BCUT2D eigenvalue weighted by Gasteiger charge is -2.31. The molecule has 2 heteroatoms. The minimum absolute atomic E-state index is 0.227. The van der Waals surface area contributed by atoms with Crippen molar-refractivity contribution >= 4 is 0 Å². The predicted molar refractivity (Wildman–Crippen MR) is 119 cm³/mol. The van der Waals surface area contributed by atoms with Crippen molar-refractivity contribution in [3.05, 3.63) is 60.2 Å². The molecule has 0 bridgehead atoms. The highest BCUT2D eigenvalue weighted by Gasteiger charge is 2.22. The quantitative estimate of drug-likeness (QED) is 0.588. The first kappa shape index (κ1) is 21.7. The molecule has 0 spiro atoms. The summed E-state index contributed by atoms with van der Waals surface area (Å²) in [4.78, 5) is 0. The van der Waals surface area contributed by atoms with Gasteiger partial charge in [0.2, 0.25) is 0 Å². The smallest absolute Gasteiger partial charge is 0.0259 e. The van der Waals surface area contributed by atoms with Crippen LogP contribution in [0.2, 0.25) is 0 Å². The molecule has 1 fully saturated rings. The monoisotopic (exact) mass is 366 g/mol. The van der Waals surface area contributed by atoms with Crippen LogP contribution in [0.5, 0.6) is 0 Å². The molecule has 2 aromatic rings. The predicted octanol–water partition coefficient (Wildman–Crippen LogP) is 5.81. The molecule has 1 aliphatic carbocycles. The minimum Gasteiger partial charge on any atom is -0.326 e. The second-order valence-electron chi connectivity index (χ2n) is 7.53. The Hall–Kier alpha value is -1.64. The van der Waals surface area contributed by atoms with E-state index in [1.54, 1.807) is 0 Å². The van der Waals surface area contributed by atoms with Gasteiger partial charge in [0.05, 0.1) is 0 Å². The molecule has 148 valence electrons. The largest absolute Gasteiger partial charge is 0.326 e. The molecule has 0 aliphatic heterocycles. The fourth-order valence-corrected chi connectivity index (χ4v) is 3.69. The number of hydrogen-bond acceptors (Lipinski definition) is 2. The zero-order chi connectivity index (χ0) is 19.5. The van der Waals surface area contributed by atoms with E-state index in [0.29, 0.717) is 6.04 Å². The van der Waals surface area contributed by atoms with E-state index in [1.807, 2.05) is 13.8 Å². The van der Waals surface area contributed by atoms with Crippen molar-refractivity contribution in [2.24, 2.45) is 11.7 Å². The SMILES string of the molecule is CC.CCCC(N)C(Cc1cccc(-c2ccccc2)c1)NCC1CCC1. The molecule has 3 rings (SSSR count). The van der Waals surface area contributed by atoms with Crippen LogP contribution in [0.15, 0.2) is 54.6 Å². The molecular formula is C25H38N2. The molecule has 2 nitrogen and oxygen atoms in total. The fraction of sp³-hybridized carbons (Fsp3) is 0.520. The van der Waals surface area contributed by atoms with Crippen molar-refractivity contribution in [2.75, 3.05) is 6.54 Å². The van der Waals surface area contributed by atoms with Gasteiger partial charge >= 0.3 is 0 Å². The van der Waals surface area contributed by atoms with Gasteiger partial charge in [0.15, 0.2) is 0 Å². The van der Waals surface area contributed by atoms with E-state index in [4.69, 9.17) is 5.73 Å². The van der Waals surface area contributed by atoms with Crippen molar-refractivity contribution in [1.29, 1.82) is 0 Å². The van der Waals surface area contributed by atoms with Gasteiger partial charge in [0, 0.05) is 12.1 Å². The summed E-state index contributed by atoms with van der Waals surface area (Å²) in [5, 5.41) is 3.79. The van der Waals surface area contributed by atoms with Crippen LogP contribution < -0.4 is 11.1 Å². The Bertz CT molecular complexity index is 634. The highest BCUT2D eigenvalue weighted by Crippen LogP contribution is 2.26. The Labute approximate surface area is 166 Å². The highest BCUT2D eigenvalue weighted by molar-refractivity contribution is 5.63. The second kappa shape index (κ2) is 11.9. The van der Waals surface area contributed by atoms with E-state index in [9.17, 15) is 0 Å². The molecular weight excluding hydrogens is 328 g/mol. The van der Waals surface area contributed by atoms with Gasteiger partial charge in [-0.05, 0) is 54.8 Å². The lowest BCUT2D eigenvalue weighted by Crippen LogP contribution is -2.48. The first-order valence-electron chi connectivity index (χ1n) is 10.9. The summed E-state index contributed by atoms with van der Waals surface area (Å²) in [7, 11) is 0. The zero-order valence-electron chi connectivity index (χ0n) is 17.5. The molecule has 2 aromatic carbocycles. The average molecular weight is 367 g/mol. The maximum Gasteiger partial charge on any atom is 0.0259 e. The molecule has 0 saturated heterocycles. The fourth-order valence-electron chi connectivity index (χ4n) is 3.69. The Balaban J connectivity index is 0.00000126. The van der Waals surface area contributed by atoms with Crippen LogP contribution in [0.4, 0.5) is 0 Å². The van der Waals surface area contributed by atoms with Crippen molar-refractivity contribution < 1.29 is 0 Å². The standard InChI is InChI=1S/C23H32N2.C2H6/c1-2-8-22(24)23(25-17-18-9-6-10-18)16-19-11-7-14-21(15-19)20-12-4-3-5-13-20;1-2/h3-5,7,11-15,18,22-23,25H,2,6,8-10,16-17,24H2,1H3;1-2H3. The first-order chi connectivity index (χ1) is 13.3. The van der Waals surface area contributed by atoms with Gasteiger partial charge < -0.3 is 11.1 Å². The summed E-state index contributed by atoms with van der Waals surface area (Å²) >= 11 is 0. The van der Waals surface area contributed by atoms with E-state index >= 15 is 0 Å². The van der Waals surface area contributed by atoms with Gasteiger partial charge in [-0.2, -0.15) is 0 Å². The summed E-state index contributed by atoms with van der Waals surface area (Å²) < 4.78 is 0. The minimum atomic E-state index is 0.227. The normalized spacial score (nSPS) is 16.0. The second-order valence-corrected chi connectivity index (χ2v) is 7.53.